The Morgan fingerprint density at radius 2 is 1.56 bits per heavy atom. The SMILES string of the molecule is CCN(CC)C(=O)Cn1cc(C(=O)C(=O)N2CCN(c3ccccc3F)CC2)c2ccccc21. The van der Waals surface area contributed by atoms with E-state index in [9.17, 15) is 18.8 Å². The summed E-state index contributed by atoms with van der Waals surface area (Å²) in [5.41, 5.74) is 1.54. The van der Waals surface area contributed by atoms with Crippen molar-refractivity contribution in [3.63, 3.8) is 0 Å². The van der Waals surface area contributed by atoms with Gasteiger partial charge in [0.2, 0.25) is 5.91 Å². The summed E-state index contributed by atoms with van der Waals surface area (Å²) in [7, 11) is 0. The molecule has 0 saturated carbocycles. The first-order chi connectivity index (χ1) is 16.4. The molecule has 1 aliphatic heterocycles. The fourth-order valence-electron chi connectivity index (χ4n) is 4.50. The van der Waals surface area contributed by atoms with Crippen LogP contribution in [0.4, 0.5) is 10.1 Å². The molecule has 3 aromatic rings. The van der Waals surface area contributed by atoms with E-state index in [2.05, 4.69) is 0 Å². The Labute approximate surface area is 198 Å². The average Bonchev–Trinajstić information content (AvgIpc) is 3.22. The lowest BCUT2D eigenvalue weighted by molar-refractivity contribution is -0.131. The van der Waals surface area contributed by atoms with Crippen LogP contribution in [0, 0.1) is 5.82 Å². The van der Waals surface area contributed by atoms with Gasteiger partial charge in [0.05, 0.1) is 11.3 Å². The molecule has 4 rings (SSSR count). The van der Waals surface area contributed by atoms with E-state index in [1.165, 1.54) is 11.0 Å². The number of piperazine rings is 1. The van der Waals surface area contributed by atoms with Crippen LogP contribution in [0.2, 0.25) is 0 Å². The summed E-state index contributed by atoms with van der Waals surface area (Å²) in [6, 6.07) is 13.8. The number of para-hydroxylation sites is 2. The number of Topliss-reactive ketones (excluding diaryl/α,β-unsaturated/α-hetero) is 1. The number of fused-ring (bicyclic) bond motifs is 1. The summed E-state index contributed by atoms with van der Waals surface area (Å²) in [5.74, 6) is -1.51. The third-order valence-corrected chi connectivity index (χ3v) is 6.41. The molecule has 34 heavy (non-hydrogen) atoms. The number of hydrogen-bond donors (Lipinski definition) is 0. The maximum absolute atomic E-state index is 14.1. The number of ketones is 1. The highest BCUT2D eigenvalue weighted by atomic mass is 19.1. The molecule has 7 nitrogen and oxygen atoms in total. The van der Waals surface area contributed by atoms with Crippen molar-refractivity contribution in [1.82, 2.24) is 14.4 Å². The molecular weight excluding hydrogens is 435 g/mol. The number of carbonyl (C=O) groups excluding carboxylic acids is 3. The number of aromatic nitrogens is 1. The zero-order chi connectivity index (χ0) is 24.2. The summed E-state index contributed by atoms with van der Waals surface area (Å²) in [6.45, 7) is 6.72. The van der Waals surface area contributed by atoms with Gasteiger partial charge >= 0.3 is 0 Å². The second kappa shape index (κ2) is 10.1. The minimum Gasteiger partial charge on any atom is -0.366 e. The van der Waals surface area contributed by atoms with E-state index in [4.69, 9.17) is 0 Å². The average molecular weight is 465 g/mol. The predicted molar refractivity (Wildman–Crippen MR) is 129 cm³/mol. The van der Waals surface area contributed by atoms with Crippen LogP contribution in [0.3, 0.4) is 0 Å². The Hall–Kier alpha value is -3.68. The molecule has 2 aromatic carbocycles. The molecule has 8 heteroatoms. The molecule has 0 spiro atoms. The smallest absolute Gasteiger partial charge is 0.295 e. The number of amides is 2. The molecule has 0 radical (unpaired) electrons. The summed E-state index contributed by atoms with van der Waals surface area (Å²) in [4.78, 5) is 44.1. The highest BCUT2D eigenvalue weighted by Crippen LogP contribution is 2.24. The van der Waals surface area contributed by atoms with E-state index in [0.717, 1.165) is 5.52 Å². The fourth-order valence-corrected chi connectivity index (χ4v) is 4.50. The topological polar surface area (TPSA) is 65.9 Å². The molecule has 1 saturated heterocycles. The van der Waals surface area contributed by atoms with Crippen LogP contribution in [0.15, 0.2) is 54.7 Å². The maximum Gasteiger partial charge on any atom is 0.295 e. The quantitative estimate of drug-likeness (QED) is 0.398. The van der Waals surface area contributed by atoms with Gasteiger partial charge in [0.15, 0.2) is 0 Å². The van der Waals surface area contributed by atoms with Gasteiger partial charge in [-0.15, -0.1) is 0 Å². The van der Waals surface area contributed by atoms with Crippen LogP contribution in [0.25, 0.3) is 10.9 Å². The van der Waals surface area contributed by atoms with Crippen molar-refractivity contribution in [2.45, 2.75) is 20.4 Å². The van der Waals surface area contributed by atoms with Crippen molar-refractivity contribution >= 4 is 34.2 Å². The number of halogens is 1. The van der Waals surface area contributed by atoms with Crippen LogP contribution in [-0.4, -0.2) is 71.2 Å². The third kappa shape index (κ3) is 4.53. The number of hydrogen-bond acceptors (Lipinski definition) is 4. The Morgan fingerprint density at radius 3 is 2.24 bits per heavy atom. The minimum absolute atomic E-state index is 0.0413. The molecule has 1 fully saturated rings. The number of likely N-dealkylation sites (N-methyl/N-ethyl adjacent to an activating group) is 1. The fraction of sp³-hybridized carbons (Fsp3) is 0.346. The Kier molecular flexibility index (Phi) is 6.95. The number of rotatable bonds is 7. The third-order valence-electron chi connectivity index (χ3n) is 6.41. The number of carbonyl (C=O) groups is 3. The zero-order valence-electron chi connectivity index (χ0n) is 19.5. The normalized spacial score (nSPS) is 13.9. The Bertz CT molecular complexity index is 1210. The van der Waals surface area contributed by atoms with Crippen LogP contribution in [0.1, 0.15) is 24.2 Å². The number of anilines is 1. The Balaban J connectivity index is 1.51. The minimum atomic E-state index is -0.593. The summed E-state index contributed by atoms with van der Waals surface area (Å²) >= 11 is 0. The van der Waals surface area contributed by atoms with Crippen molar-refractivity contribution in [2.24, 2.45) is 0 Å². The highest BCUT2D eigenvalue weighted by Gasteiger charge is 2.30. The summed E-state index contributed by atoms with van der Waals surface area (Å²) in [6.07, 6.45) is 1.61. The molecule has 2 heterocycles. The molecule has 0 bridgehead atoms. The first kappa shape index (κ1) is 23.5. The van der Waals surface area contributed by atoms with Gasteiger partial charge in [-0.1, -0.05) is 30.3 Å². The van der Waals surface area contributed by atoms with Gasteiger partial charge in [-0.05, 0) is 32.0 Å². The maximum atomic E-state index is 14.1. The van der Waals surface area contributed by atoms with Crippen LogP contribution >= 0.6 is 0 Å². The van der Waals surface area contributed by atoms with Gasteiger partial charge in [-0.2, -0.15) is 0 Å². The van der Waals surface area contributed by atoms with Crippen molar-refractivity contribution in [3.05, 3.63) is 66.1 Å². The van der Waals surface area contributed by atoms with E-state index < -0.39 is 11.7 Å². The van der Waals surface area contributed by atoms with E-state index >= 15 is 0 Å². The van der Waals surface area contributed by atoms with Gasteiger partial charge in [0, 0.05) is 56.4 Å². The lowest BCUT2D eigenvalue weighted by Crippen LogP contribution is -2.50. The monoisotopic (exact) mass is 464 g/mol. The summed E-state index contributed by atoms with van der Waals surface area (Å²) < 4.78 is 15.9. The van der Waals surface area contributed by atoms with Crippen LogP contribution in [0.5, 0.6) is 0 Å². The Morgan fingerprint density at radius 1 is 0.912 bits per heavy atom. The highest BCUT2D eigenvalue weighted by molar-refractivity contribution is 6.44. The van der Waals surface area contributed by atoms with Crippen LogP contribution in [-0.2, 0) is 16.1 Å². The molecule has 1 aromatic heterocycles. The second-order valence-electron chi connectivity index (χ2n) is 8.31. The van der Waals surface area contributed by atoms with Gasteiger partial charge in [0.25, 0.3) is 11.7 Å². The molecule has 0 atom stereocenters. The summed E-state index contributed by atoms with van der Waals surface area (Å²) in [5, 5.41) is 0.651. The molecule has 1 aliphatic rings. The van der Waals surface area contributed by atoms with Crippen molar-refractivity contribution < 1.29 is 18.8 Å². The van der Waals surface area contributed by atoms with Gasteiger partial charge < -0.3 is 19.3 Å². The van der Waals surface area contributed by atoms with Crippen molar-refractivity contribution in [3.8, 4) is 0 Å². The molecule has 0 N–H and O–H groups in total. The first-order valence-electron chi connectivity index (χ1n) is 11.6. The van der Waals surface area contributed by atoms with Gasteiger partial charge in [-0.3, -0.25) is 14.4 Å². The largest absolute Gasteiger partial charge is 0.366 e. The van der Waals surface area contributed by atoms with E-state index in [-0.39, 0.29) is 18.3 Å². The van der Waals surface area contributed by atoms with Crippen LogP contribution < -0.4 is 4.90 Å². The van der Waals surface area contributed by atoms with E-state index in [1.54, 1.807) is 39.9 Å². The molecule has 0 aliphatic carbocycles. The standard InChI is InChI=1S/C26H29FN4O3/c1-3-28(4-2)24(32)18-31-17-20(19-9-5-7-11-22(19)31)25(33)26(34)30-15-13-29(14-16-30)23-12-8-6-10-21(23)27/h5-12,17H,3-4,13-16,18H2,1-2H3. The lowest BCUT2D eigenvalue weighted by atomic mass is 10.1. The second-order valence-corrected chi connectivity index (χ2v) is 8.31. The molecule has 0 unspecified atom stereocenters. The predicted octanol–water partition coefficient (Wildman–Crippen LogP) is 3.18. The molecule has 2 amide bonds. The van der Waals surface area contributed by atoms with E-state index in [0.29, 0.717) is 55.9 Å². The zero-order valence-corrected chi connectivity index (χ0v) is 19.5. The molecule has 178 valence electrons. The molecular formula is C26H29FN4O3. The number of nitrogens with zero attached hydrogens (tertiary/aromatic N) is 4. The van der Waals surface area contributed by atoms with Gasteiger partial charge in [-0.25, -0.2) is 4.39 Å². The van der Waals surface area contributed by atoms with Gasteiger partial charge in [0.1, 0.15) is 12.4 Å². The lowest BCUT2D eigenvalue weighted by Gasteiger charge is -2.35. The van der Waals surface area contributed by atoms with E-state index in [1.807, 2.05) is 36.9 Å². The van der Waals surface area contributed by atoms with Crippen molar-refractivity contribution in [1.29, 1.82) is 0 Å². The first-order valence-corrected chi connectivity index (χ1v) is 11.6. The number of benzene rings is 2. The van der Waals surface area contributed by atoms with Crippen molar-refractivity contribution in [2.75, 3.05) is 44.2 Å².